The van der Waals surface area contributed by atoms with Crippen LogP contribution in [0.5, 0.6) is 0 Å². The molecule has 0 aliphatic carbocycles. The van der Waals surface area contributed by atoms with Crippen molar-refractivity contribution in [1.29, 1.82) is 0 Å². The van der Waals surface area contributed by atoms with E-state index in [2.05, 4.69) is 64.8 Å². The van der Waals surface area contributed by atoms with E-state index in [1.165, 1.54) is 11.3 Å². The van der Waals surface area contributed by atoms with Gasteiger partial charge in [-0.25, -0.2) is 0 Å². The zero-order valence-electron chi connectivity index (χ0n) is 13.1. The molecule has 0 saturated carbocycles. The van der Waals surface area contributed by atoms with Crippen molar-refractivity contribution in [2.24, 2.45) is 0 Å². The number of anilines is 1. The number of hydrogen-bond acceptors (Lipinski definition) is 3. The largest absolute Gasteiger partial charge is 0.380 e. The van der Waals surface area contributed by atoms with Crippen molar-refractivity contribution in [2.45, 2.75) is 25.1 Å². The highest BCUT2D eigenvalue weighted by Crippen LogP contribution is 2.20. The van der Waals surface area contributed by atoms with Crippen LogP contribution in [0, 0.1) is 0 Å². The van der Waals surface area contributed by atoms with Crippen LogP contribution in [-0.4, -0.2) is 37.2 Å². The minimum Gasteiger partial charge on any atom is -0.380 e. The highest BCUT2D eigenvalue weighted by molar-refractivity contribution is 5.43. The number of nitrogens with zero attached hydrogens (tertiary/aromatic N) is 1. The number of hydrogen-bond donors (Lipinski definition) is 1. The number of rotatable bonds is 5. The molecule has 1 fully saturated rings. The summed E-state index contributed by atoms with van der Waals surface area (Å²) in [5.41, 5.74) is 2.54. The van der Waals surface area contributed by atoms with Gasteiger partial charge in [0.1, 0.15) is 0 Å². The molecular formula is C19H24N2O. The molecule has 3 rings (SSSR count). The molecule has 2 aromatic rings. The van der Waals surface area contributed by atoms with Gasteiger partial charge in [-0.3, -0.25) is 4.90 Å². The van der Waals surface area contributed by atoms with Crippen LogP contribution in [0.3, 0.4) is 0 Å². The summed E-state index contributed by atoms with van der Waals surface area (Å²) in [4.78, 5) is 2.48. The molecule has 0 amide bonds. The van der Waals surface area contributed by atoms with Crippen molar-refractivity contribution in [1.82, 2.24) is 4.90 Å². The summed E-state index contributed by atoms with van der Waals surface area (Å²) < 4.78 is 5.74. The van der Waals surface area contributed by atoms with Gasteiger partial charge >= 0.3 is 0 Å². The molecule has 1 N–H and O–H groups in total. The minimum atomic E-state index is 0.220. The van der Waals surface area contributed by atoms with Crippen LogP contribution in [0.2, 0.25) is 0 Å². The second-order valence-corrected chi connectivity index (χ2v) is 5.90. The van der Waals surface area contributed by atoms with E-state index in [0.29, 0.717) is 6.04 Å². The summed E-state index contributed by atoms with van der Waals surface area (Å²) in [7, 11) is 1.82. The monoisotopic (exact) mass is 296 g/mol. The molecule has 22 heavy (non-hydrogen) atoms. The number of benzene rings is 2. The Labute approximate surface area is 132 Å². The summed E-state index contributed by atoms with van der Waals surface area (Å²) in [6.07, 6.45) is 1.32. The third-order valence-electron chi connectivity index (χ3n) is 4.32. The number of nitrogens with one attached hydrogen (secondary N) is 1. The van der Waals surface area contributed by atoms with Gasteiger partial charge in [-0.15, -0.1) is 0 Å². The van der Waals surface area contributed by atoms with Gasteiger partial charge in [0.25, 0.3) is 0 Å². The fourth-order valence-corrected chi connectivity index (χ4v) is 3.12. The summed E-state index contributed by atoms with van der Waals surface area (Å²) in [5.74, 6) is 0. The fraction of sp³-hybridized carbons (Fsp3) is 0.368. The maximum atomic E-state index is 5.74. The fourth-order valence-electron chi connectivity index (χ4n) is 3.12. The van der Waals surface area contributed by atoms with Crippen molar-refractivity contribution in [2.75, 3.05) is 25.5 Å². The molecule has 2 aromatic carbocycles. The van der Waals surface area contributed by atoms with Gasteiger partial charge in [0.05, 0.1) is 12.1 Å². The Bertz CT molecular complexity index is 558. The standard InChI is InChI=1S/C19H24N2O/c1-22-19-15-21(14-16-8-4-2-5-9-16)13-12-18(19)20-17-10-6-3-7-11-17/h2-11,18-20H,12-15H2,1H3/t18-,19-/m1/s1. The third kappa shape index (κ3) is 3.87. The number of likely N-dealkylation sites (tertiary alicyclic amines) is 1. The van der Waals surface area contributed by atoms with Crippen LogP contribution >= 0.6 is 0 Å². The van der Waals surface area contributed by atoms with Crippen LogP contribution in [0.1, 0.15) is 12.0 Å². The molecule has 0 radical (unpaired) electrons. The highest BCUT2D eigenvalue weighted by atomic mass is 16.5. The van der Waals surface area contributed by atoms with Gasteiger partial charge in [-0.05, 0) is 24.1 Å². The van der Waals surface area contributed by atoms with Gasteiger partial charge in [-0.1, -0.05) is 48.5 Å². The van der Waals surface area contributed by atoms with E-state index in [9.17, 15) is 0 Å². The maximum absolute atomic E-state index is 5.74. The summed E-state index contributed by atoms with van der Waals surface area (Å²) in [6.45, 7) is 3.06. The molecule has 1 saturated heterocycles. The lowest BCUT2D eigenvalue weighted by atomic mass is 10.0. The van der Waals surface area contributed by atoms with Gasteiger partial charge in [0, 0.05) is 32.4 Å². The first-order chi connectivity index (χ1) is 10.8. The van der Waals surface area contributed by atoms with E-state index in [1.807, 2.05) is 13.2 Å². The second kappa shape index (κ2) is 7.43. The Hall–Kier alpha value is -1.84. The average Bonchev–Trinajstić information content (AvgIpc) is 2.58. The van der Waals surface area contributed by atoms with Gasteiger partial charge < -0.3 is 10.1 Å². The van der Waals surface area contributed by atoms with E-state index in [4.69, 9.17) is 4.74 Å². The lowest BCUT2D eigenvalue weighted by Crippen LogP contribution is -2.50. The Morgan fingerprint density at radius 1 is 1.05 bits per heavy atom. The molecule has 116 valence electrons. The van der Waals surface area contributed by atoms with E-state index in [1.54, 1.807) is 0 Å². The first-order valence-electron chi connectivity index (χ1n) is 7.96. The molecule has 1 aliphatic heterocycles. The second-order valence-electron chi connectivity index (χ2n) is 5.90. The molecule has 1 aliphatic rings. The molecule has 1 heterocycles. The molecule has 0 unspecified atom stereocenters. The van der Waals surface area contributed by atoms with Crippen LogP contribution in [0.25, 0.3) is 0 Å². The first-order valence-corrected chi connectivity index (χ1v) is 7.96. The molecule has 0 spiro atoms. The summed E-state index contributed by atoms with van der Waals surface area (Å²) >= 11 is 0. The minimum absolute atomic E-state index is 0.220. The quantitative estimate of drug-likeness (QED) is 0.915. The summed E-state index contributed by atoms with van der Waals surface area (Å²) in [5, 5.41) is 3.61. The summed E-state index contributed by atoms with van der Waals surface area (Å²) in [6, 6.07) is 21.4. The van der Waals surface area contributed by atoms with E-state index < -0.39 is 0 Å². The van der Waals surface area contributed by atoms with Crippen molar-refractivity contribution >= 4 is 5.69 Å². The van der Waals surface area contributed by atoms with Gasteiger partial charge in [-0.2, -0.15) is 0 Å². The molecule has 0 aromatic heterocycles. The van der Waals surface area contributed by atoms with Gasteiger partial charge in [0.2, 0.25) is 0 Å². The molecular weight excluding hydrogens is 272 g/mol. The average molecular weight is 296 g/mol. The maximum Gasteiger partial charge on any atom is 0.0899 e. The molecule has 0 bridgehead atoms. The lowest BCUT2D eigenvalue weighted by Gasteiger charge is -2.38. The normalized spacial score (nSPS) is 22.4. The lowest BCUT2D eigenvalue weighted by molar-refractivity contribution is 0.0194. The zero-order chi connectivity index (χ0) is 15.2. The van der Waals surface area contributed by atoms with Crippen molar-refractivity contribution in [3.63, 3.8) is 0 Å². The van der Waals surface area contributed by atoms with Crippen LogP contribution < -0.4 is 5.32 Å². The van der Waals surface area contributed by atoms with Crippen LogP contribution in [0.15, 0.2) is 60.7 Å². The Kier molecular flexibility index (Phi) is 5.09. The van der Waals surface area contributed by atoms with Crippen molar-refractivity contribution in [3.8, 4) is 0 Å². The molecule has 3 nitrogen and oxygen atoms in total. The predicted octanol–water partition coefficient (Wildman–Crippen LogP) is 3.39. The first kappa shape index (κ1) is 15.1. The molecule has 3 heteroatoms. The van der Waals surface area contributed by atoms with Crippen LogP contribution in [0.4, 0.5) is 5.69 Å². The number of piperidine rings is 1. The Balaban J connectivity index is 1.59. The van der Waals surface area contributed by atoms with Crippen LogP contribution in [-0.2, 0) is 11.3 Å². The molecule has 2 atom stereocenters. The number of ether oxygens (including phenoxy) is 1. The number of para-hydroxylation sites is 1. The zero-order valence-corrected chi connectivity index (χ0v) is 13.1. The third-order valence-corrected chi connectivity index (χ3v) is 4.32. The van der Waals surface area contributed by atoms with Crippen molar-refractivity contribution in [3.05, 3.63) is 66.2 Å². The van der Waals surface area contributed by atoms with E-state index >= 15 is 0 Å². The van der Waals surface area contributed by atoms with Gasteiger partial charge in [0.15, 0.2) is 0 Å². The predicted molar refractivity (Wildman–Crippen MR) is 91.0 cm³/mol. The SMILES string of the molecule is CO[C@@H]1CN(Cc2ccccc2)CC[C@H]1Nc1ccccc1. The number of methoxy groups -OCH3 is 1. The highest BCUT2D eigenvalue weighted by Gasteiger charge is 2.29. The Morgan fingerprint density at radius 3 is 2.41 bits per heavy atom. The van der Waals surface area contributed by atoms with E-state index in [-0.39, 0.29) is 6.10 Å². The van der Waals surface area contributed by atoms with Crippen molar-refractivity contribution < 1.29 is 4.74 Å². The smallest absolute Gasteiger partial charge is 0.0899 e. The topological polar surface area (TPSA) is 24.5 Å². The Morgan fingerprint density at radius 2 is 1.73 bits per heavy atom. The van der Waals surface area contributed by atoms with E-state index in [0.717, 1.165) is 26.1 Å².